The number of hydrogen-bond acceptors (Lipinski definition) is 2. The number of carbonyl (C=O) groups is 1. The molecular formula is C13H18BNO2. The molecule has 0 atom stereocenters. The molecule has 0 saturated heterocycles. The van der Waals surface area contributed by atoms with Gasteiger partial charge in [0.25, 0.3) is 0 Å². The van der Waals surface area contributed by atoms with E-state index in [0.29, 0.717) is 18.0 Å². The maximum atomic E-state index is 12.0. The van der Waals surface area contributed by atoms with E-state index in [4.69, 9.17) is 5.02 Å². The molecule has 2 aliphatic rings. The third-order valence-corrected chi connectivity index (χ3v) is 3.36. The van der Waals surface area contributed by atoms with Crippen LogP contribution in [-0.4, -0.2) is 29.6 Å². The van der Waals surface area contributed by atoms with Gasteiger partial charge in [0.15, 0.2) is 0 Å². The van der Waals surface area contributed by atoms with Crippen molar-refractivity contribution in [3.63, 3.8) is 0 Å². The summed E-state index contributed by atoms with van der Waals surface area (Å²) in [7, 11) is 1.07. The monoisotopic (exact) mass is 231 g/mol. The van der Waals surface area contributed by atoms with Gasteiger partial charge in [0.05, 0.1) is 0 Å². The van der Waals surface area contributed by atoms with Gasteiger partial charge in [-0.05, 0) is 0 Å². The van der Waals surface area contributed by atoms with E-state index in [1.54, 1.807) is 6.08 Å². The van der Waals surface area contributed by atoms with Gasteiger partial charge in [-0.15, -0.1) is 0 Å². The van der Waals surface area contributed by atoms with Crippen molar-refractivity contribution < 1.29 is 9.82 Å². The molecule has 1 fully saturated rings. The van der Waals surface area contributed by atoms with Gasteiger partial charge in [-0.2, -0.15) is 0 Å². The standard InChI is InChI=1S/C13H18BNO2/c16-13(15-12-7-2-1-3-8-12)10-5-4-6-11(9-10)14-17/h4-5,9,12,17H,1-3,6-8H2,(H,15,16). The van der Waals surface area contributed by atoms with Crippen LogP contribution in [-0.2, 0) is 4.79 Å². The number of carbonyl (C=O) groups excluding carboxylic acids is 1. The van der Waals surface area contributed by atoms with Crippen LogP contribution in [0.5, 0.6) is 0 Å². The second-order valence-corrected chi connectivity index (χ2v) is 4.72. The molecule has 0 aromatic heterocycles. The van der Waals surface area contributed by atoms with E-state index in [9.17, 15) is 4.79 Å². The fraction of sp³-hybridized carbons (Fsp3) is 0.538. The molecule has 0 spiro atoms. The van der Waals surface area contributed by atoms with Crippen molar-refractivity contribution in [1.82, 2.24) is 5.32 Å². The number of hydrogen-bond donors (Lipinski definition) is 2. The molecule has 0 aliphatic heterocycles. The molecule has 2 aliphatic carbocycles. The topological polar surface area (TPSA) is 49.3 Å². The van der Waals surface area contributed by atoms with E-state index >= 15 is 0 Å². The Hall–Kier alpha value is -1.32. The van der Waals surface area contributed by atoms with Crippen LogP contribution in [0.1, 0.15) is 38.5 Å². The zero-order valence-electron chi connectivity index (χ0n) is 9.98. The molecule has 3 nitrogen and oxygen atoms in total. The van der Waals surface area contributed by atoms with Crippen molar-refractivity contribution in [2.75, 3.05) is 0 Å². The molecule has 0 heterocycles. The average Bonchev–Trinajstić information content (AvgIpc) is 2.40. The van der Waals surface area contributed by atoms with Crippen molar-refractivity contribution >= 4 is 18.5 Å². The van der Waals surface area contributed by atoms with Gasteiger partial charge < -0.3 is 0 Å². The third kappa shape index (κ3) is 3.32. The molecule has 0 aromatic carbocycles. The van der Waals surface area contributed by atoms with Crippen LogP contribution in [0.15, 0.2) is 23.8 Å². The van der Waals surface area contributed by atoms with Crippen LogP contribution in [0, 0.1) is 0 Å². The predicted molar refractivity (Wildman–Crippen MR) is 69.8 cm³/mol. The summed E-state index contributed by atoms with van der Waals surface area (Å²) >= 11 is 0. The summed E-state index contributed by atoms with van der Waals surface area (Å²) in [5.41, 5.74) is 1.42. The van der Waals surface area contributed by atoms with Crippen molar-refractivity contribution in [2.24, 2.45) is 0 Å². The Labute approximate surface area is 103 Å². The zero-order valence-corrected chi connectivity index (χ0v) is 9.98. The first kappa shape index (κ1) is 12.2. The molecule has 2 rings (SSSR count). The van der Waals surface area contributed by atoms with Crippen molar-refractivity contribution in [3.8, 4) is 0 Å². The molecule has 1 saturated carbocycles. The zero-order chi connectivity index (χ0) is 12.1. The van der Waals surface area contributed by atoms with E-state index in [1.165, 1.54) is 19.3 Å². The summed E-state index contributed by atoms with van der Waals surface area (Å²) in [5, 5.41) is 12.0. The van der Waals surface area contributed by atoms with E-state index in [-0.39, 0.29) is 5.91 Å². The molecule has 0 aromatic rings. The van der Waals surface area contributed by atoms with Crippen LogP contribution in [0.2, 0.25) is 0 Å². The van der Waals surface area contributed by atoms with Crippen LogP contribution in [0.25, 0.3) is 0 Å². The number of allylic oxidation sites excluding steroid dienone is 2. The van der Waals surface area contributed by atoms with Gasteiger partial charge in [-0.3, -0.25) is 0 Å². The first-order valence-electron chi connectivity index (χ1n) is 6.32. The minimum atomic E-state index is -0.0211. The van der Waals surface area contributed by atoms with E-state index < -0.39 is 0 Å². The van der Waals surface area contributed by atoms with Crippen molar-refractivity contribution in [2.45, 2.75) is 44.6 Å². The second kappa shape index (κ2) is 5.85. The Bertz CT molecular complexity index is 379. The molecular weight excluding hydrogens is 213 g/mol. The molecule has 0 radical (unpaired) electrons. The van der Waals surface area contributed by atoms with Crippen molar-refractivity contribution in [1.29, 1.82) is 0 Å². The average molecular weight is 231 g/mol. The molecule has 1 amide bonds. The minimum absolute atomic E-state index is 0.0211. The fourth-order valence-electron chi connectivity index (χ4n) is 2.38. The van der Waals surface area contributed by atoms with Gasteiger partial charge >= 0.3 is 102 Å². The molecule has 0 bridgehead atoms. The summed E-state index contributed by atoms with van der Waals surface area (Å²) in [6, 6.07) is 0.328. The van der Waals surface area contributed by atoms with E-state index in [1.807, 2.05) is 12.2 Å². The molecule has 17 heavy (non-hydrogen) atoms. The Kier molecular flexibility index (Phi) is 4.18. The van der Waals surface area contributed by atoms with Crippen LogP contribution in [0.4, 0.5) is 0 Å². The third-order valence-electron chi connectivity index (χ3n) is 3.36. The summed E-state index contributed by atoms with van der Waals surface area (Å²) in [6.07, 6.45) is 12.0. The van der Waals surface area contributed by atoms with Crippen LogP contribution >= 0.6 is 0 Å². The van der Waals surface area contributed by atoms with E-state index in [0.717, 1.165) is 25.4 Å². The van der Waals surface area contributed by atoms with Gasteiger partial charge in [0, 0.05) is 0 Å². The summed E-state index contributed by atoms with van der Waals surface area (Å²) in [5.74, 6) is -0.0211. The van der Waals surface area contributed by atoms with Crippen LogP contribution in [0.3, 0.4) is 0 Å². The maximum absolute atomic E-state index is 12.0. The summed E-state index contributed by atoms with van der Waals surface area (Å²) < 4.78 is 0. The number of rotatable bonds is 2. The Morgan fingerprint density at radius 1 is 1.35 bits per heavy atom. The Morgan fingerprint density at radius 2 is 2.12 bits per heavy atom. The normalized spacial score (nSPS) is 23.1. The van der Waals surface area contributed by atoms with Gasteiger partial charge in [-0.1, -0.05) is 0 Å². The van der Waals surface area contributed by atoms with Gasteiger partial charge in [0.2, 0.25) is 0 Å². The second-order valence-electron chi connectivity index (χ2n) is 4.72. The first-order chi connectivity index (χ1) is 8.29. The van der Waals surface area contributed by atoms with E-state index in [2.05, 4.69) is 5.32 Å². The molecule has 4 heteroatoms. The summed E-state index contributed by atoms with van der Waals surface area (Å²) in [6.45, 7) is 0. The summed E-state index contributed by atoms with van der Waals surface area (Å²) in [4.78, 5) is 12.0. The van der Waals surface area contributed by atoms with Gasteiger partial charge in [0.1, 0.15) is 0 Å². The SMILES string of the molecule is O=C(NC1CCCCC1)C1=CC(=BO)CC=C1. The van der Waals surface area contributed by atoms with Crippen molar-refractivity contribution in [3.05, 3.63) is 23.8 Å². The Balaban J connectivity index is 1.95. The predicted octanol–water partition coefficient (Wildman–Crippen LogP) is 1.11. The number of amides is 1. The Morgan fingerprint density at radius 3 is 2.82 bits per heavy atom. The quantitative estimate of drug-likeness (QED) is 0.699. The number of nitrogens with one attached hydrogen (secondary N) is 1. The molecule has 90 valence electrons. The first-order valence-corrected chi connectivity index (χ1v) is 6.32. The molecule has 2 N–H and O–H groups in total. The molecule has 0 unspecified atom stereocenters. The van der Waals surface area contributed by atoms with Crippen LogP contribution < -0.4 is 5.32 Å². The van der Waals surface area contributed by atoms with Gasteiger partial charge in [-0.25, -0.2) is 0 Å². The fourth-order valence-corrected chi connectivity index (χ4v) is 2.38.